The molecule has 1 aromatic heterocycles. The van der Waals surface area contributed by atoms with Gasteiger partial charge in [0.1, 0.15) is 6.54 Å². The molecule has 30 heavy (non-hydrogen) atoms. The fourth-order valence-electron chi connectivity index (χ4n) is 3.13. The maximum atomic E-state index is 11.8. The third-order valence-electron chi connectivity index (χ3n) is 4.67. The van der Waals surface area contributed by atoms with Crippen LogP contribution in [-0.4, -0.2) is 59.2 Å². The topological polar surface area (TPSA) is 76.7 Å². The van der Waals surface area contributed by atoms with Crippen molar-refractivity contribution < 1.29 is 19.6 Å². The number of aromatic nitrogens is 1. The largest absolute Gasteiger partial charge is 0.395 e. The van der Waals surface area contributed by atoms with E-state index in [0.717, 1.165) is 36.0 Å². The van der Waals surface area contributed by atoms with E-state index in [2.05, 4.69) is 38.3 Å². The zero-order valence-electron chi connectivity index (χ0n) is 17.3. The van der Waals surface area contributed by atoms with Gasteiger partial charge >= 0.3 is 0 Å². The van der Waals surface area contributed by atoms with Gasteiger partial charge in [0.05, 0.1) is 13.2 Å². The molecular weight excluding hydrogens is 394 g/mol. The summed E-state index contributed by atoms with van der Waals surface area (Å²) in [4.78, 5) is 13.7. The summed E-state index contributed by atoms with van der Waals surface area (Å²) in [6.45, 7) is 2.51. The first-order valence-corrected chi connectivity index (χ1v) is 11.0. The zero-order valence-corrected chi connectivity index (χ0v) is 18.3. The molecule has 1 amide bonds. The summed E-state index contributed by atoms with van der Waals surface area (Å²) in [5, 5.41) is 21.2. The molecule has 2 rings (SSSR count). The monoisotopic (exact) mass is 425 g/mol. The van der Waals surface area contributed by atoms with Crippen molar-refractivity contribution in [2.24, 2.45) is 0 Å². The fraction of sp³-hybridized carbons (Fsp3) is 0.391. The van der Waals surface area contributed by atoms with Gasteiger partial charge in [0.2, 0.25) is 11.6 Å². The van der Waals surface area contributed by atoms with E-state index < -0.39 is 0 Å². The number of nitrogens with zero attached hydrogens (tertiary/aromatic N) is 2. The molecule has 0 fully saturated rings. The van der Waals surface area contributed by atoms with Crippen LogP contribution in [0.25, 0.3) is 12.2 Å². The van der Waals surface area contributed by atoms with Crippen molar-refractivity contribution in [3.63, 3.8) is 0 Å². The van der Waals surface area contributed by atoms with Crippen LogP contribution >= 0.6 is 0 Å². The highest BCUT2D eigenvalue weighted by Gasteiger charge is 2.09. The lowest BCUT2D eigenvalue weighted by Crippen LogP contribution is -2.37. The molecule has 7 heteroatoms. The van der Waals surface area contributed by atoms with Crippen molar-refractivity contribution in [1.82, 2.24) is 5.32 Å². The molecule has 0 bridgehead atoms. The normalized spacial score (nSPS) is 11.0. The van der Waals surface area contributed by atoms with Crippen LogP contribution in [0.15, 0.2) is 48.7 Å². The maximum Gasteiger partial charge on any atom is 0.220 e. The summed E-state index contributed by atoms with van der Waals surface area (Å²) in [5.41, 5.74) is 3.11. The highest BCUT2D eigenvalue weighted by Crippen LogP contribution is 2.16. The molecule has 0 aliphatic rings. The Kier molecular flexibility index (Phi) is 10.9. The van der Waals surface area contributed by atoms with Crippen LogP contribution in [0, 0.1) is 0 Å². The van der Waals surface area contributed by atoms with E-state index in [1.165, 1.54) is 0 Å². The van der Waals surface area contributed by atoms with Gasteiger partial charge in [-0.2, -0.15) is 4.57 Å². The highest BCUT2D eigenvalue weighted by atomic mass is 28.1. The Labute approximate surface area is 182 Å². The predicted octanol–water partition coefficient (Wildman–Crippen LogP) is 1.42. The molecule has 0 saturated heterocycles. The summed E-state index contributed by atoms with van der Waals surface area (Å²) in [6, 6.07) is 14.8. The molecule has 0 saturated carbocycles. The van der Waals surface area contributed by atoms with Crippen molar-refractivity contribution in [2.75, 3.05) is 37.7 Å². The summed E-state index contributed by atoms with van der Waals surface area (Å²) >= 11 is 0. The molecular formula is C23H31N3O3Si+. The van der Waals surface area contributed by atoms with Gasteiger partial charge in [0, 0.05) is 66.6 Å². The second kappa shape index (κ2) is 13.7. The van der Waals surface area contributed by atoms with Gasteiger partial charge in [0.25, 0.3) is 0 Å². The zero-order chi connectivity index (χ0) is 21.6. The SMILES string of the molecule is O=C(CCC[n+]1ccccc1/C=C/c1ccc(N(CCO)CCO)cc1)NCC[Si]. The quantitative estimate of drug-likeness (QED) is 0.335. The van der Waals surface area contributed by atoms with Crippen molar-refractivity contribution >= 4 is 34.0 Å². The summed E-state index contributed by atoms with van der Waals surface area (Å²) in [6.07, 6.45) is 7.44. The van der Waals surface area contributed by atoms with Gasteiger partial charge in [-0.05, 0) is 35.9 Å². The number of hydrogen-bond donors (Lipinski definition) is 3. The maximum absolute atomic E-state index is 11.8. The molecule has 0 aliphatic heterocycles. The van der Waals surface area contributed by atoms with Crippen LogP contribution in [-0.2, 0) is 11.3 Å². The second-order valence-electron chi connectivity index (χ2n) is 6.88. The number of benzene rings is 1. The van der Waals surface area contributed by atoms with E-state index >= 15 is 0 Å². The third-order valence-corrected chi connectivity index (χ3v) is 4.92. The van der Waals surface area contributed by atoms with Crippen molar-refractivity contribution in [1.29, 1.82) is 0 Å². The van der Waals surface area contributed by atoms with Crippen molar-refractivity contribution in [3.8, 4) is 0 Å². The number of pyridine rings is 1. The minimum atomic E-state index is 0.0494. The van der Waals surface area contributed by atoms with Crippen LogP contribution < -0.4 is 14.8 Å². The first-order valence-electron chi connectivity index (χ1n) is 10.3. The van der Waals surface area contributed by atoms with Crippen LogP contribution in [0.5, 0.6) is 0 Å². The number of carbonyl (C=O) groups is 1. The molecule has 159 valence electrons. The number of carbonyl (C=O) groups excluding carboxylic acids is 1. The average Bonchev–Trinajstić information content (AvgIpc) is 2.77. The number of rotatable bonds is 13. The molecule has 0 aliphatic carbocycles. The fourth-order valence-corrected chi connectivity index (χ4v) is 3.26. The van der Waals surface area contributed by atoms with Gasteiger partial charge in [-0.3, -0.25) is 4.79 Å². The average molecular weight is 426 g/mol. The number of amides is 1. The second-order valence-corrected chi connectivity index (χ2v) is 7.38. The number of aliphatic hydroxyl groups is 2. The molecule has 3 radical (unpaired) electrons. The van der Waals surface area contributed by atoms with E-state index in [9.17, 15) is 15.0 Å². The van der Waals surface area contributed by atoms with Crippen molar-refractivity contribution in [3.05, 3.63) is 59.9 Å². The first kappa shape index (κ1) is 23.8. The lowest BCUT2D eigenvalue weighted by Gasteiger charge is -2.22. The van der Waals surface area contributed by atoms with Crippen LogP contribution in [0.4, 0.5) is 5.69 Å². The number of aliphatic hydroxyl groups excluding tert-OH is 2. The number of hydrogen-bond acceptors (Lipinski definition) is 4. The Morgan fingerprint density at radius 1 is 1.07 bits per heavy atom. The summed E-state index contributed by atoms with van der Waals surface area (Å²) in [5.74, 6) is 0.0819. The molecule has 3 N–H and O–H groups in total. The van der Waals surface area contributed by atoms with Crippen LogP contribution in [0.2, 0.25) is 6.04 Å². The number of anilines is 1. The smallest absolute Gasteiger partial charge is 0.220 e. The first-order chi connectivity index (χ1) is 14.7. The van der Waals surface area contributed by atoms with E-state index in [1.54, 1.807) is 0 Å². The number of aryl methyl sites for hydroxylation is 1. The van der Waals surface area contributed by atoms with Gasteiger partial charge in [-0.1, -0.05) is 12.1 Å². The Bertz CT molecular complexity index is 791. The molecule has 0 atom stereocenters. The minimum absolute atomic E-state index is 0.0494. The minimum Gasteiger partial charge on any atom is -0.395 e. The van der Waals surface area contributed by atoms with E-state index in [1.807, 2.05) is 47.5 Å². The predicted molar refractivity (Wildman–Crippen MR) is 121 cm³/mol. The van der Waals surface area contributed by atoms with E-state index in [0.29, 0.717) is 26.1 Å². The van der Waals surface area contributed by atoms with Gasteiger partial charge < -0.3 is 20.4 Å². The van der Waals surface area contributed by atoms with E-state index in [-0.39, 0.29) is 19.1 Å². The van der Waals surface area contributed by atoms with Crippen LogP contribution in [0.3, 0.4) is 0 Å². The van der Waals surface area contributed by atoms with Crippen molar-refractivity contribution in [2.45, 2.75) is 25.4 Å². The Morgan fingerprint density at radius 2 is 1.80 bits per heavy atom. The highest BCUT2D eigenvalue weighted by molar-refractivity contribution is 6.08. The molecule has 6 nitrogen and oxygen atoms in total. The number of nitrogens with one attached hydrogen (secondary N) is 1. The Hall–Kier alpha value is -2.48. The van der Waals surface area contributed by atoms with Gasteiger partial charge in [-0.25, -0.2) is 0 Å². The molecule has 0 spiro atoms. The molecule has 1 heterocycles. The molecule has 0 unspecified atom stereocenters. The van der Waals surface area contributed by atoms with Gasteiger partial charge in [-0.15, -0.1) is 0 Å². The van der Waals surface area contributed by atoms with E-state index in [4.69, 9.17) is 0 Å². The third kappa shape index (κ3) is 8.10. The Balaban J connectivity index is 1.98. The lowest BCUT2D eigenvalue weighted by molar-refractivity contribution is -0.698. The van der Waals surface area contributed by atoms with Crippen LogP contribution in [0.1, 0.15) is 24.1 Å². The summed E-state index contributed by atoms with van der Waals surface area (Å²) < 4.78 is 2.15. The van der Waals surface area contributed by atoms with Gasteiger partial charge in [0.15, 0.2) is 6.20 Å². The molecule has 1 aromatic carbocycles. The Morgan fingerprint density at radius 3 is 2.47 bits per heavy atom. The summed E-state index contributed by atoms with van der Waals surface area (Å²) in [7, 11) is 3.35. The standard InChI is InChI=1S/C23H30N3O3Si/c27-17-15-26(16-18-28)22-10-7-20(8-11-22)6-9-21-4-1-2-13-25(21)14-3-5-23(29)24-12-19-30/h1-2,4,6-11,13,27-28H,3,5,12,14-19H2/p+1. The lowest BCUT2D eigenvalue weighted by atomic mass is 10.1. The molecule has 2 aromatic rings.